The molecule has 2 aromatic rings. The Kier molecular flexibility index (Phi) is 7.06. The van der Waals surface area contributed by atoms with Crippen LogP contribution >= 0.6 is 7.91 Å². The van der Waals surface area contributed by atoms with Gasteiger partial charge in [0.2, 0.25) is 0 Å². The molecule has 0 bridgehead atoms. The van der Waals surface area contributed by atoms with Crippen LogP contribution in [0.3, 0.4) is 0 Å². The van der Waals surface area contributed by atoms with Gasteiger partial charge in [0.25, 0.3) is 0 Å². The Labute approximate surface area is 186 Å². The van der Waals surface area contributed by atoms with E-state index in [9.17, 15) is 4.57 Å². The SMILES string of the molecule is Cc1ccc(OP(=O)(F)Oc2ccc(C)cc2C2CCCCC2)c(C2CCCCC2)c1. The molecule has 2 aromatic carbocycles. The van der Waals surface area contributed by atoms with Crippen molar-refractivity contribution in [2.24, 2.45) is 0 Å². The fourth-order valence-electron chi connectivity index (χ4n) is 5.22. The van der Waals surface area contributed by atoms with E-state index in [1.54, 1.807) is 12.1 Å². The lowest BCUT2D eigenvalue weighted by Gasteiger charge is -2.26. The highest BCUT2D eigenvalue weighted by Crippen LogP contribution is 2.54. The van der Waals surface area contributed by atoms with Crippen molar-refractivity contribution in [1.82, 2.24) is 0 Å². The van der Waals surface area contributed by atoms with Gasteiger partial charge in [0.15, 0.2) is 0 Å². The molecule has 0 radical (unpaired) electrons. The minimum atomic E-state index is -4.82. The molecule has 0 unspecified atom stereocenters. The van der Waals surface area contributed by atoms with Gasteiger partial charge < -0.3 is 9.05 Å². The van der Waals surface area contributed by atoms with Crippen molar-refractivity contribution in [2.75, 3.05) is 0 Å². The Hall–Kier alpha value is -1.80. The monoisotopic (exact) mass is 444 g/mol. The van der Waals surface area contributed by atoms with Crippen LogP contribution in [0.5, 0.6) is 11.5 Å². The molecule has 2 saturated carbocycles. The molecule has 0 aliphatic heterocycles. The van der Waals surface area contributed by atoms with Crippen LogP contribution in [0.1, 0.15) is 98.3 Å². The van der Waals surface area contributed by atoms with Crippen molar-refractivity contribution in [1.29, 1.82) is 0 Å². The lowest BCUT2D eigenvalue weighted by molar-refractivity contribution is 0.329. The van der Waals surface area contributed by atoms with Crippen molar-refractivity contribution in [2.45, 2.75) is 89.9 Å². The van der Waals surface area contributed by atoms with Gasteiger partial charge in [-0.15, -0.1) is 4.20 Å². The molecule has 3 nitrogen and oxygen atoms in total. The second-order valence-corrected chi connectivity index (χ2v) is 10.6. The highest BCUT2D eigenvalue weighted by molar-refractivity contribution is 7.48. The van der Waals surface area contributed by atoms with Crippen LogP contribution in [0, 0.1) is 13.8 Å². The van der Waals surface area contributed by atoms with Crippen molar-refractivity contribution in [3.05, 3.63) is 58.7 Å². The number of aryl methyl sites for hydroxylation is 2. The fraction of sp³-hybridized carbons (Fsp3) is 0.538. The van der Waals surface area contributed by atoms with Crippen molar-refractivity contribution in [3.63, 3.8) is 0 Å². The smallest absolute Gasteiger partial charge is 0.392 e. The van der Waals surface area contributed by atoms with Crippen LogP contribution in [-0.2, 0) is 4.57 Å². The largest absolute Gasteiger partial charge is 0.628 e. The summed E-state index contributed by atoms with van der Waals surface area (Å²) >= 11 is 0. The molecule has 0 atom stereocenters. The maximum Gasteiger partial charge on any atom is 0.628 e. The first-order valence-corrected chi connectivity index (χ1v) is 13.2. The van der Waals surface area contributed by atoms with Crippen LogP contribution in [0.25, 0.3) is 0 Å². The highest BCUT2D eigenvalue weighted by atomic mass is 31.2. The third-order valence-electron chi connectivity index (χ3n) is 6.84. The van der Waals surface area contributed by atoms with E-state index >= 15 is 4.20 Å². The van der Waals surface area contributed by atoms with Crippen LogP contribution in [0.15, 0.2) is 36.4 Å². The van der Waals surface area contributed by atoms with Gasteiger partial charge in [-0.3, -0.25) is 0 Å². The second-order valence-electron chi connectivity index (χ2n) is 9.37. The molecule has 0 spiro atoms. The number of hydrogen-bond donors (Lipinski definition) is 0. The van der Waals surface area contributed by atoms with Crippen molar-refractivity contribution >= 4 is 7.91 Å². The van der Waals surface area contributed by atoms with Gasteiger partial charge in [-0.1, -0.05) is 73.9 Å². The standard InChI is InChI=1S/C26H34FO3P/c1-19-13-15-25(23(17-19)21-9-5-3-6-10-21)29-31(27,28)30-26-16-14-20(2)18-24(26)22-11-7-4-8-12-22/h13-18,21-22H,3-12H2,1-2H3. The molecule has 0 amide bonds. The molecule has 31 heavy (non-hydrogen) atoms. The summed E-state index contributed by atoms with van der Waals surface area (Å²) in [5.41, 5.74) is 4.11. The summed E-state index contributed by atoms with van der Waals surface area (Å²) in [6, 6.07) is 11.3. The van der Waals surface area contributed by atoms with E-state index in [1.807, 2.05) is 38.1 Å². The molecule has 168 valence electrons. The summed E-state index contributed by atoms with van der Waals surface area (Å²) in [6.45, 7) is 4.04. The zero-order chi connectivity index (χ0) is 21.8. The lowest BCUT2D eigenvalue weighted by Crippen LogP contribution is -2.09. The van der Waals surface area contributed by atoms with E-state index in [2.05, 4.69) is 0 Å². The van der Waals surface area contributed by atoms with E-state index < -0.39 is 7.91 Å². The molecule has 0 heterocycles. The fourth-order valence-corrected chi connectivity index (χ4v) is 6.06. The van der Waals surface area contributed by atoms with Gasteiger partial charge >= 0.3 is 7.91 Å². The lowest BCUT2D eigenvalue weighted by atomic mass is 9.83. The third kappa shape index (κ3) is 5.71. The maximum absolute atomic E-state index is 15.3. The van der Waals surface area contributed by atoms with Crippen molar-refractivity contribution < 1.29 is 17.8 Å². The van der Waals surface area contributed by atoms with Crippen LogP contribution in [-0.4, -0.2) is 0 Å². The Bertz CT molecular complexity index is 872. The normalized spacial score (nSPS) is 18.7. The highest BCUT2D eigenvalue weighted by Gasteiger charge is 2.33. The molecule has 4 rings (SSSR count). The molecule has 0 N–H and O–H groups in total. The molecule has 2 aliphatic carbocycles. The number of rotatable bonds is 6. The van der Waals surface area contributed by atoms with E-state index in [-0.39, 0.29) is 0 Å². The van der Waals surface area contributed by atoms with Gasteiger partial charge in [-0.2, -0.15) is 0 Å². The number of halogens is 1. The first kappa shape index (κ1) is 22.4. The average Bonchev–Trinajstić information content (AvgIpc) is 2.77. The molecule has 0 aromatic heterocycles. The predicted octanol–water partition coefficient (Wildman–Crippen LogP) is 8.93. The van der Waals surface area contributed by atoms with Crippen molar-refractivity contribution in [3.8, 4) is 11.5 Å². The van der Waals surface area contributed by atoms with Gasteiger partial charge in [0.05, 0.1) is 0 Å². The second kappa shape index (κ2) is 9.77. The number of benzene rings is 2. The van der Waals surface area contributed by atoms with E-state index in [0.29, 0.717) is 23.3 Å². The molecular formula is C26H34FO3P. The summed E-state index contributed by atoms with van der Waals surface area (Å²) in [5.74, 6) is 1.35. The Morgan fingerprint density at radius 2 is 1.10 bits per heavy atom. The van der Waals surface area contributed by atoms with Gasteiger partial charge in [0.1, 0.15) is 11.5 Å². The molecule has 2 aliphatic rings. The van der Waals surface area contributed by atoms with E-state index in [1.165, 1.54) is 12.8 Å². The molecular weight excluding hydrogens is 410 g/mol. The summed E-state index contributed by atoms with van der Waals surface area (Å²) in [6.07, 6.45) is 11.4. The van der Waals surface area contributed by atoms with Gasteiger partial charge in [-0.05, 0) is 74.6 Å². The summed E-state index contributed by atoms with van der Waals surface area (Å²) < 4.78 is 39.1. The maximum atomic E-state index is 15.3. The first-order chi connectivity index (χ1) is 14.9. The average molecular weight is 445 g/mol. The van der Waals surface area contributed by atoms with Crippen LogP contribution < -0.4 is 9.05 Å². The topological polar surface area (TPSA) is 35.5 Å². The zero-order valence-electron chi connectivity index (χ0n) is 18.7. The van der Waals surface area contributed by atoms with Gasteiger partial charge in [0, 0.05) is 0 Å². The molecule has 5 heteroatoms. The zero-order valence-corrected chi connectivity index (χ0v) is 19.6. The number of hydrogen-bond acceptors (Lipinski definition) is 3. The quantitative estimate of drug-likeness (QED) is 0.417. The third-order valence-corrected chi connectivity index (χ3v) is 7.66. The summed E-state index contributed by atoms with van der Waals surface area (Å²) in [7, 11) is -4.82. The Morgan fingerprint density at radius 1 is 0.710 bits per heavy atom. The Balaban J connectivity index is 1.57. The molecule has 0 saturated heterocycles. The minimum absolute atomic E-state index is 0.320. The van der Waals surface area contributed by atoms with E-state index in [0.717, 1.165) is 73.6 Å². The Morgan fingerprint density at radius 3 is 1.48 bits per heavy atom. The minimum Gasteiger partial charge on any atom is -0.392 e. The summed E-state index contributed by atoms with van der Waals surface area (Å²) in [4.78, 5) is 0. The van der Waals surface area contributed by atoms with E-state index in [4.69, 9.17) is 9.05 Å². The van der Waals surface area contributed by atoms with Crippen LogP contribution in [0.2, 0.25) is 0 Å². The predicted molar refractivity (Wildman–Crippen MR) is 124 cm³/mol. The summed E-state index contributed by atoms with van der Waals surface area (Å²) in [5, 5.41) is 0. The van der Waals surface area contributed by atoms with Crippen LogP contribution in [0.4, 0.5) is 4.20 Å². The molecule has 2 fully saturated rings. The van der Waals surface area contributed by atoms with Gasteiger partial charge in [-0.25, -0.2) is 4.57 Å². The first-order valence-electron chi connectivity index (χ1n) is 11.8.